The van der Waals surface area contributed by atoms with Crippen molar-refractivity contribution in [3.05, 3.63) is 24.3 Å². The molecule has 0 heterocycles. The van der Waals surface area contributed by atoms with Gasteiger partial charge in [-0.3, -0.25) is 0 Å². The van der Waals surface area contributed by atoms with Crippen LogP contribution in [0, 0.1) is 0 Å². The molecule has 0 aliphatic rings. The van der Waals surface area contributed by atoms with Crippen LogP contribution in [-0.2, 0) is 0 Å². The van der Waals surface area contributed by atoms with E-state index >= 15 is 0 Å². The average molecular weight is 232 g/mol. The molecule has 0 unspecified atom stereocenters. The van der Waals surface area contributed by atoms with Gasteiger partial charge in [-0.2, -0.15) is 0 Å². The van der Waals surface area contributed by atoms with E-state index in [-0.39, 0.29) is 24.2 Å². The zero-order chi connectivity index (χ0) is 10.4. The minimum Gasteiger partial charge on any atom is -0.506 e. The molecule has 6 heteroatoms. The number of benzene rings is 1. The first-order chi connectivity index (χ1) is 6.74. The molecule has 0 bridgehead atoms. The third kappa shape index (κ3) is 4.53. The standard InChI is InChI=1S/C9H13N3O2.ClH/c10-5-6-11-9(14)12-7-3-1-2-4-8(7)13;/h1-4,13H,5-6,10H2,(H2,11,12,14);1H. The molecule has 0 aliphatic heterocycles. The zero-order valence-corrected chi connectivity index (χ0v) is 8.88. The van der Waals surface area contributed by atoms with Crippen LogP contribution in [0.4, 0.5) is 10.5 Å². The maximum atomic E-state index is 11.1. The van der Waals surface area contributed by atoms with Gasteiger partial charge in [0, 0.05) is 13.1 Å². The highest BCUT2D eigenvalue weighted by Gasteiger charge is 2.03. The highest BCUT2D eigenvalue weighted by atomic mass is 35.5. The van der Waals surface area contributed by atoms with Crippen LogP contribution in [0.15, 0.2) is 24.3 Å². The van der Waals surface area contributed by atoms with E-state index < -0.39 is 0 Å². The molecule has 1 rings (SSSR count). The normalized spacial score (nSPS) is 8.87. The minimum atomic E-state index is -0.378. The summed E-state index contributed by atoms with van der Waals surface area (Å²) >= 11 is 0. The smallest absolute Gasteiger partial charge is 0.319 e. The molecule has 1 aromatic carbocycles. The Hall–Kier alpha value is -1.46. The Labute approximate surface area is 94.1 Å². The summed E-state index contributed by atoms with van der Waals surface area (Å²) in [6.45, 7) is 0.785. The third-order valence-electron chi connectivity index (χ3n) is 1.58. The second kappa shape index (κ2) is 6.92. The molecule has 2 amide bonds. The molecule has 0 saturated heterocycles. The van der Waals surface area contributed by atoms with Gasteiger partial charge in [0.15, 0.2) is 0 Å². The first-order valence-corrected chi connectivity index (χ1v) is 4.27. The molecule has 0 aromatic heterocycles. The van der Waals surface area contributed by atoms with E-state index in [1.165, 1.54) is 6.07 Å². The molecule has 0 aliphatic carbocycles. The Kier molecular flexibility index (Phi) is 6.24. The van der Waals surface area contributed by atoms with Gasteiger partial charge in [0.05, 0.1) is 5.69 Å². The van der Waals surface area contributed by atoms with Crippen molar-refractivity contribution in [2.45, 2.75) is 0 Å². The topological polar surface area (TPSA) is 87.4 Å². The third-order valence-corrected chi connectivity index (χ3v) is 1.58. The van der Waals surface area contributed by atoms with Crippen molar-refractivity contribution in [1.82, 2.24) is 5.32 Å². The van der Waals surface area contributed by atoms with Gasteiger partial charge >= 0.3 is 6.03 Å². The van der Waals surface area contributed by atoms with Crippen molar-refractivity contribution in [2.24, 2.45) is 5.73 Å². The maximum Gasteiger partial charge on any atom is 0.319 e. The van der Waals surface area contributed by atoms with Crippen molar-refractivity contribution in [1.29, 1.82) is 0 Å². The van der Waals surface area contributed by atoms with Crippen molar-refractivity contribution < 1.29 is 9.90 Å². The van der Waals surface area contributed by atoms with Crippen LogP contribution >= 0.6 is 12.4 Å². The van der Waals surface area contributed by atoms with Gasteiger partial charge in [-0.25, -0.2) is 4.79 Å². The fourth-order valence-electron chi connectivity index (χ4n) is 0.932. The molecular weight excluding hydrogens is 218 g/mol. The molecule has 0 saturated carbocycles. The summed E-state index contributed by atoms with van der Waals surface area (Å²) in [6, 6.07) is 6.13. The molecule has 0 spiro atoms. The highest BCUT2D eigenvalue weighted by molar-refractivity contribution is 5.90. The fraction of sp³-hybridized carbons (Fsp3) is 0.222. The number of para-hydroxylation sites is 2. The van der Waals surface area contributed by atoms with E-state index in [1.54, 1.807) is 18.2 Å². The predicted octanol–water partition coefficient (Wildman–Crippen LogP) is 0.894. The van der Waals surface area contributed by atoms with Gasteiger partial charge in [-0.1, -0.05) is 12.1 Å². The largest absolute Gasteiger partial charge is 0.506 e. The number of hydrogen-bond acceptors (Lipinski definition) is 3. The number of urea groups is 1. The lowest BCUT2D eigenvalue weighted by molar-refractivity contribution is 0.252. The summed E-state index contributed by atoms with van der Waals surface area (Å²) in [4.78, 5) is 11.1. The molecular formula is C9H14ClN3O2. The number of rotatable bonds is 3. The molecule has 0 atom stereocenters. The quantitative estimate of drug-likeness (QED) is 0.583. The van der Waals surface area contributed by atoms with Gasteiger partial charge in [-0.15, -0.1) is 12.4 Å². The van der Waals surface area contributed by atoms with Crippen molar-refractivity contribution in [3.63, 3.8) is 0 Å². The van der Waals surface area contributed by atoms with Crippen LogP contribution < -0.4 is 16.4 Å². The second-order valence-corrected chi connectivity index (χ2v) is 2.69. The van der Waals surface area contributed by atoms with Crippen molar-refractivity contribution in [3.8, 4) is 5.75 Å². The lowest BCUT2D eigenvalue weighted by Crippen LogP contribution is -2.32. The number of halogens is 1. The first-order valence-electron chi connectivity index (χ1n) is 4.27. The summed E-state index contributed by atoms with van der Waals surface area (Å²) < 4.78 is 0. The van der Waals surface area contributed by atoms with Crippen LogP contribution in [0.25, 0.3) is 0 Å². The Morgan fingerprint density at radius 3 is 2.67 bits per heavy atom. The average Bonchev–Trinajstić information content (AvgIpc) is 2.18. The molecule has 5 nitrogen and oxygen atoms in total. The number of aromatic hydroxyl groups is 1. The van der Waals surface area contributed by atoms with Crippen LogP contribution in [0.5, 0.6) is 5.75 Å². The summed E-state index contributed by atoms with van der Waals surface area (Å²) in [5.41, 5.74) is 5.59. The molecule has 15 heavy (non-hydrogen) atoms. The maximum absolute atomic E-state index is 11.1. The van der Waals surface area contributed by atoms with E-state index in [4.69, 9.17) is 5.73 Å². The van der Waals surface area contributed by atoms with Gasteiger partial charge in [0.2, 0.25) is 0 Å². The highest BCUT2D eigenvalue weighted by Crippen LogP contribution is 2.20. The second-order valence-electron chi connectivity index (χ2n) is 2.69. The number of phenolic OH excluding ortho intramolecular Hbond substituents is 1. The van der Waals surface area contributed by atoms with Crippen LogP contribution in [0.1, 0.15) is 0 Å². The minimum absolute atomic E-state index is 0. The lowest BCUT2D eigenvalue weighted by Gasteiger charge is -2.07. The summed E-state index contributed by atoms with van der Waals surface area (Å²) in [5.74, 6) is 0.0374. The fourth-order valence-corrected chi connectivity index (χ4v) is 0.932. The number of carbonyl (C=O) groups is 1. The van der Waals surface area contributed by atoms with Gasteiger partial charge < -0.3 is 21.5 Å². The number of carbonyl (C=O) groups excluding carboxylic acids is 1. The van der Waals surface area contributed by atoms with E-state index in [2.05, 4.69) is 10.6 Å². The number of hydrogen-bond donors (Lipinski definition) is 4. The van der Waals surface area contributed by atoms with E-state index in [1.807, 2.05) is 0 Å². The lowest BCUT2D eigenvalue weighted by atomic mass is 10.3. The molecule has 0 radical (unpaired) electrons. The van der Waals surface area contributed by atoms with Gasteiger partial charge in [0.25, 0.3) is 0 Å². The Morgan fingerprint density at radius 1 is 1.40 bits per heavy atom. The zero-order valence-electron chi connectivity index (χ0n) is 8.06. The van der Waals surface area contributed by atoms with Gasteiger partial charge in [-0.05, 0) is 12.1 Å². The monoisotopic (exact) mass is 231 g/mol. The first kappa shape index (κ1) is 13.5. The molecule has 84 valence electrons. The van der Waals surface area contributed by atoms with Crippen LogP contribution in [0.2, 0.25) is 0 Å². The number of anilines is 1. The Morgan fingerprint density at radius 2 is 2.07 bits per heavy atom. The SMILES string of the molecule is Cl.NCCNC(=O)Nc1ccccc1O. The summed E-state index contributed by atoms with van der Waals surface area (Å²) in [6.07, 6.45) is 0. The molecule has 5 N–H and O–H groups in total. The summed E-state index contributed by atoms with van der Waals surface area (Å²) in [5, 5.41) is 14.3. The number of amides is 2. The Bertz CT molecular complexity index is 320. The van der Waals surface area contributed by atoms with Crippen molar-refractivity contribution >= 4 is 24.1 Å². The number of nitrogens with one attached hydrogen (secondary N) is 2. The summed E-state index contributed by atoms with van der Waals surface area (Å²) in [7, 11) is 0. The van der Waals surface area contributed by atoms with Crippen LogP contribution in [0.3, 0.4) is 0 Å². The Balaban J connectivity index is 0.00000196. The number of nitrogens with two attached hydrogens (primary N) is 1. The van der Waals surface area contributed by atoms with Gasteiger partial charge in [0.1, 0.15) is 5.75 Å². The molecule has 0 fully saturated rings. The van der Waals surface area contributed by atoms with E-state index in [0.717, 1.165) is 0 Å². The predicted molar refractivity (Wildman–Crippen MR) is 61.4 cm³/mol. The number of phenols is 1. The van der Waals surface area contributed by atoms with E-state index in [9.17, 15) is 9.90 Å². The van der Waals surface area contributed by atoms with Crippen LogP contribution in [-0.4, -0.2) is 24.2 Å². The van der Waals surface area contributed by atoms with E-state index in [0.29, 0.717) is 18.8 Å². The van der Waals surface area contributed by atoms with Crippen molar-refractivity contribution in [2.75, 3.05) is 18.4 Å². The molecule has 1 aromatic rings.